The van der Waals surface area contributed by atoms with Gasteiger partial charge >= 0.3 is 0 Å². The monoisotopic (exact) mass is 1600 g/mol. The van der Waals surface area contributed by atoms with Crippen molar-refractivity contribution in [1.29, 1.82) is 0 Å². The van der Waals surface area contributed by atoms with Gasteiger partial charge in [0, 0.05) is 155 Å². The van der Waals surface area contributed by atoms with Crippen LogP contribution in [0, 0.1) is 20.8 Å². The molecule has 11 aromatic rings. The summed E-state index contributed by atoms with van der Waals surface area (Å²) in [5, 5.41) is 33.9. The summed E-state index contributed by atoms with van der Waals surface area (Å²) in [5.74, 6) is 0.942. The minimum absolute atomic E-state index is 0.0400. The number of nitrogens with zero attached hydrogens (tertiary/aromatic N) is 1. The lowest BCUT2D eigenvalue weighted by atomic mass is 9.96. The number of carbonyl (C=O) groups is 7. The molecule has 0 spiro atoms. The minimum atomic E-state index is -0.258. The average Bonchev–Trinajstić information content (AvgIpc) is 1.61. The Bertz CT molecular complexity index is 5590. The summed E-state index contributed by atoms with van der Waals surface area (Å²) >= 11 is 6.11. The van der Waals surface area contributed by atoms with Crippen molar-refractivity contribution in [2.24, 2.45) is 0 Å². The molecule has 0 radical (unpaired) electrons. The first-order chi connectivity index (χ1) is 56.8. The smallest absolute Gasteiger partial charge is 0.257 e. The van der Waals surface area contributed by atoms with E-state index >= 15 is 0 Å². The van der Waals surface area contributed by atoms with E-state index < -0.39 is 0 Å². The van der Waals surface area contributed by atoms with E-state index in [-0.39, 0.29) is 77.7 Å². The highest BCUT2D eigenvalue weighted by molar-refractivity contribution is 6.31. The summed E-state index contributed by atoms with van der Waals surface area (Å²) in [7, 11) is 0. The molecule has 0 bridgehead atoms. The summed E-state index contributed by atoms with van der Waals surface area (Å²) in [6, 6.07) is 68.2. The van der Waals surface area contributed by atoms with Crippen LogP contribution in [0.5, 0.6) is 5.75 Å². The summed E-state index contributed by atoms with van der Waals surface area (Å²) < 4.78 is 13.2. The fourth-order valence-corrected chi connectivity index (χ4v) is 15.9. The largest absolute Gasteiger partial charge is 0.486 e. The Balaban J connectivity index is 0.000000128. The molecule has 0 unspecified atom stereocenters. The van der Waals surface area contributed by atoms with Gasteiger partial charge in [-0.05, 0) is 182 Å². The van der Waals surface area contributed by atoms with Gasteiger partial charge in [-0.1, -0.05) is 150 Å². The maximum absolute atomic E-state index is 12.9. The van der Waals surface area contributed by atoms with E-state index in [1.54, 1.807) is 24.3 Å². The van der Waals surface area contributed by atoms with Gasteiger partial charge in [-0.3, -0.25) is 33.6 Å². The zero-order chi connectivity index (χ0) is 83.4. The zero-order valence-electron chi connectivity index (χ0n) is 68.7. The number of aromatic nitrogens is 1. The summed E-state index contributed by atoms with van der Waals surface area (Å²) in [6.07, 6.45) is 3.46. The second-order valence-electron chi connectivity index (χ2n) is 31.8. The maximum atomic E-state index is 12.9. The number of aryl methyl sites for hydroxylation is 4. The zero-order valence-corrected chi connectivity index (χ0v) is 69.5. The molecule has 118 heavy (non-hydrogen) atoms. The third-order valence-electron chi connectivity index (χ3n) is 21.1. The predicted octanol–water partition coefficient (Wildman–Crippen LogP) is 19.9. The first kappa shape index (κ1) is 83.4. The number of fused-ring (bicyclic) bond motifs is 6. The third kappa shape index (κ3) is 20.6. The number of para-hydroxylation sites is 6. The van der Waals surface area contributed by atoms with Gasteiger partial charge in [0.25, 0.3) is 11.8 Å². The van der Waals surface area contributed by atoms with Crippen molar-refractivity contribution in [3.05, 3.63) is 250 Å². The highest BCUT2D eigenvalue weighted by atomic mass is 35.5. The second kappa shape index (κ2) is 37.6. The molecule has 608 valence electrons. The van der Waals surface area contributed by atoms with E-state index in [9.17, 15) is 33.6 Å². The van der Waals surface area contributed by atoms with E-state index in [0.717, 1.165) is 90.2 Å². The van der Waals surface area contributed by atoms with E-state index in [4.69, 9.17) is 21.1 Å². The van der Waals surface area contributed by atoms with Crippen LogP contribution in [-0.2, 0) is 48.1 Å². The maximum Gasteiger partial charge on any atom is 0.257 e. The van der Waals surface area contributed by atoms with Crippen molar-refractivity contribution < 1.29 is 43.0 Å². The van der Waals surface area contributed by atoms with Crippen molar-refractivity contribution in [1.82, 2.24) is 9.88 Å². The highest BCUT2D eigenvalue weighted by Gasteiger charge is 2.29. The van der Waals surface area contributed by atoms with Crippen LogP contribution in [0.25, 0.3) is 55.5 Å². The van der Waals surface area contributed by atoms with Crippen LogP contribution < -0.4 is 57.9 Å². The Kier molecular flexibility index (Phi) is 26.6. The van der Waals surface area contributed by atoms with Crippen LogP contribution in [0.2, 0.25) is 5.02 Å². The van der Waals surface area contributed by atoms with Gasteiger partial charge in [-0.2, -0.15) is 0 Å². The predicted molar refractivity (Wildman–Crippen MR) is 478 cm³/mol. The number of anilines is 9. The summed E-state index contributed by atoms with van der Waals surface area (Å²) in [5.41, 5.74) is 24.6. The number of rotatable bonds is 11. The van der Waals surface area contributed by atoms with Gasteiger partial charge in [-0.15, -0.1) is 0 Å². The number of hydrogen-bond acceptors (Lipinski definition) is 14. The van der Waals surface area contributed by atoms with Gasteiger partial charge in [0.2, 0.25) is 17.7 Å². The molecular weight excluding hydrogens is 1500 g/mol. The number of nitrogens with one attached hydrogen (secondary N) is 10. The lowest BCUT2D eigenvalue weighted by molar-refractivity contribution is -0.119. The molecule has 0 aliphatic carbocycles. The average molecular weight is 1600 g/mol. The number of benzene rings is 10. The molecule has 17 rings (SSSR count). The first-order valence-corrected chi connectivity index (χ1v) is 41.0. The normalized spacial score (nSPS) is 17.7. The third-order valence-corrected chi connectivity index (χ3v) is 21.5. The number of carbonyl (C=O) groups excluding carboxylic acids is 7. The number of amides is 5. The molecule has 6 aliphatic rings. The number of Topliss-reactive ketones (excluding diaryl/α,β-unsaturated/α-hetero) is 2. The van der Waals surface area contributed by atoms with Crippen LogP contribution >= 0.6 is 11.6 Å². The fraction of sp³-hybridized carbons (Fsp3) is 0.289. The fourth-order valence-electron chi connectivity index (χ4n) is 15.8. The quantitative estimate of drug-likeness (QED) is 0.0578. The standard InChI is InChI=1S/C21H24N2O2.C21H22N2O.C20H21N3O4.C18H20N2O.C17H17ClN2O/c1-13(2)22-21(25)17-8-4-6-15(11-17)19-9-5-7-16-12-18(24)10-14(3)23-20(16)19;1-3-23-19-10-5-4-7-15(19)13-20(23)18-9-6-8-16-12-17(24)11-14(2)22-21(16)18;1-12-8-18(24)23-17-7-3-6-16(19(17)21-12)20(25)22-13-4-2-5-14(9-13)27-15-10-26-11-15;1-11-7-12(2)9-14(8-11)15-5-4-6-16-18(15)19-13(3)10-17(21)20-16;1-10-8-12(6-7-14(10)18)13-4-3-5-15-17(13)19-11(2)9-16(21)20-15/h4-9,11,13-14,23H,10,12H2,1-3H3,(H,22,25);4-10,13-14,22H,3,11-12H2,1-2H3;2-7,9,12,15,21H,8,10-11H2,1H3,(H,22,25)(H,23,24);4-9,13,19H,10H2,1-3H3,(H,20,21);3-8,11,19H,9H2,1-2H3,(H,20,21)/t2*14-;12-;13-;11-/m11111/s1. The Morgan fingerprint density at radius 1 is 0.483 bits per heavy atom. The SMILES string of the molecule is CC(C)NC(=O)c1cccc(-c2cccc3c2N[C@H](C)CC(=O)C3)c1.CCn1c(-c2cccc3c2N[C@H](C)CC(=O)C3)cc2ccccc21.C[C@@H]1CC(=O)Nc2cccc(C(=O)Nc3cccc(OC4COC4)c3)c2N1.Cc1cc(-c2cccc3c2N[C@H](C)CC(=O)N3)ccc1Cl.Cc1cc(C)cc(-c2cccc3c2N[C@H](C)CC(=O)N3)c1. The van der Waals surface area contributed by atoms with Crippen molar-refractivity contribution in [2.75, 3.05) is 61.1 Å². The van der Waals surface area contributed by atoms with Gasteiger partial charge < -0.3 is 67.2 Å². The molecule has 1 aromatic heterocycles. The number of ether oxygens (including phenoxy) is 2. The minimum Gasteiger partial charge on any atom is -0.486 e. The van der Waals surface area contributed by atoms with Crippen molar-refractivity contribution >= 4 is 115 Å². The molecule has 21 heteroatoms. The Morgan fingerprint density at radius 2 is 0.975 bits per heavy atom. The molecule has 5 amide bonds. The van der Waals surface area contributed by atoms with Crippen LogP contribution in [0.3, 0.4) is 0 Å². The van der Waals surface area contributed by atoms with Gasteiger partial charge in [0.1, 0.15) is 23.4 Å². The molecule has 5 atom stereocenters. The first-order valence-electron chi connectivity index (χ1n) is 40.7. The molecular formula is C97H104ClN11O9. The van der Waals surface area contributed by atoms with E-state index in [1.807, 2.05) is 146 Å². The Hall–Kier alpha value is -12.5. The number of ketones is 2. The molecule has 1 fully saturated rings. The van der Waals surface area contributed by atoms with Gasteiger partial charge in [0.05, 0.1) is 58.6 Å². The van der Waals surface area contributed by atoms with Crippen LogP contribution in [0.15, 0.2) is 206 Å². The number of halogens is 1. The molecule has 1 saturated heterocycles. The molecule has 6 aliphatic heterocycles. The molecule has 20 nitrogen and oxygen atoms in total. The molecule has 10 aromatic carbocycles. The molecule has 10 N–H and O–H groups in total. The summed E-state index contributed by atoms with van der Waals surface area (Å²) in [6.45, 7) is 24.4. The summed E-state index contributed by atoms with van der Waals surface area (Å²) in [4.78, 5) is 85.0. The van der Waals surface area contributed by atoms with Gasteiger partial charge in [-0.25, -0.2) is 0 Å². The van der Waals surface area contributed by atoms with E-state index in [0.29, 0.717) is 97.9 Å². The topological polar surface area (TPSA) is 263 Å². The Morgan fingerprint density at radius 3 is 1.54 bits per heavy atom. The van der Waals surface area contributed by atoms with Crippen LogP contribution in [-0.4, -0.2) is 101 Å². The van der Waals surface area contributed by atoms with Crippen LogP contribution in [0.4, 0.5) is 51.2 Å². The second-order valence-corrected chi connectivity index (χ2v) is 32.2. The van der Waals surface area contributed by atoms with Crippen molar-refractivity contribution in [3.63, 3.8) is 0 Å². The molecule has 0 saturated carbocycles. The van der Waals surface area contributed by atoms with Crippen LogP contribution in [0.1, 0.15) is 136 Å². The lowest BCUT2D eigenvalue weighted by Crippen LogP contribution is -2.38. The van der Waals surface area contributed by atoms with E-state index in [1.165, 1.54) is 38.9 Å². The highest BCUT2D eigenvalue weighted by Crippen LogP contribution is 2.42. The number of hydrogen-bond donors (Lipinski definition) is 10. The van der Waals surface area contributed by atoms with E-state index in [2.05, 4.69) is 170 Å². The van der Waals surface area contributed by atoms with Gasteiger partial charge in [0.15, 0.2) is 0 Å². The molecule has 7 heterocycles. The van der Waals surface area contributed by atoms with Crippen molar-refractivity contribution in [2.45, 2.75) is 170 Å². The Labute approximate surface area is 695 Å². The van der Waals surface area contributed by atoms with Crippen molar-refractivity contribution in [3.8, 4) is 50.4 Å². The lowest BCUT2D eigenvalue weighted by Gasteiger charge is -2.26.